The molecule has 1 saturated heterocycles. The van der Waals surface area contributed by atoms with Crippen molar-refractivity contribution in [2.75, 3.05) is 31.1 Å². The van der Waals surface area contributed by atoms with E-state index in [0.29, 0.717) is 37.9 Å². The van der Waals surface area contributed by atoms with Crippen LogP contribution in [0.1, 0.15) is 16.2 Å². The Labute approximate surface area is 161 Å². The summed E-state index contributed by atoms with van der Waals surface area (Å²) < 4.78 is 6.41. The zero-order chi connectivity index (χ0) is 19.7. The minimum Gasteiger partial charge on any atom is -0.353 e. The van der Waals surface area contributed by atoms with E-state index in [4.69, 9.17) is 4.52 Å². The standard InChI is InChI=1S/C19H20N6O3/c1-13-21-17(22-28-13)14-5-6-16(20-12-14)24-8-10-25(11-9-24)19(27)15-4-3-7-23(2)18(15)26/h3-7,12H,8-11H2,1-2H3. The predicted molar refractivity (Wildman–Crippen MR) is 102 cm³/mol. The van der Waals surface area contributed by atoms with Crippen LogP contribution in [0.25, 0.3) is 11.4 Å². The monoisotopic (exact) mass is 380 g/mol. The Morgan fingerprint density at radius 3 is 2.57 bits per heavy atom. The molecule has 4 heterocycles. The fourth-order valence-corrected chi connectivity index (χ4v) is 3.19. The highest BCUT2D eigenvalue weighted by molar-refractivity contribution is 5.94. The highest BCUT2D eigenvalue weighted by Gasteiger charge is 2.24. The van der Waals surface area contributed by atoms with E-state index < -0.39 is 0 Å². The number of hydrogen-bond acceptors (Lipinski definition) is 7. The van der Waals surface area contributed by atoms with E-state index >= 15 is 0 Å². The summed E-state index contributed by atoms with van der Waals surface area (Å²) in [6, 6.07) is 7.10. The number of nitrogens with zero attached hydrogens (tertiary/aromatic N) is 6. The fraction of sp³-hybridized carbons (Fsp3) is 0.316. The average Bonchev–Trinajstić information content (AvgIpc) is 3.16. The molecule has 0 spiro atoms. The van der Waals surface area contributed by atoms with Gasteiger partial charge in [-0.05, 0) is 24.3 Å². The lowest BCUT2D eigenvalue weighted by molar-refractivity contribution is 0.0744. The second-order valence-electron chi connectivity index (χ2n) is 6.66. The SMILES string of the molecule is Cc1nc(-c2ccc(N3CCN(C(=O)c4cccn(C)c4=O)CC3)nc2)no1. The molecule has 1 aliphatic heterocycles. The van der Waals surface area contributed by atoms with Crippen molar-refractivity contribution in [3.63, 3.8) is 0 Å². The third-order valence-corrected chi connectivity index (χ3v) is 4.78. The highest BCUT2D eigenvalue weighted by atomic mass is 16.5. The minimum absolute atomic E-state index is 0.205. The van der Waals surface area contributed by atoms with Crippen LogP contribution in [0.15, 0.2) is 46.0 Å². The van der Waals surface area contributed by atoms with Crippen molar-refractivity contribution in [2.45, 2.75) is 6.92 Å². The Balaban J connectivity index is 1.42. The van der Waals surface area contributed by atoms with Crippen LogP contribution in [-0.4, -0.2) is 56.7 Å². The van der Waals surface area contributed by atoms with Crippen molar-refractivity contribution in [3.8, 4) is 11.4 Å². The molecule has 1 aliphatic rings. The molecule has 0 N–H and O–H groups in total. The molecule has 0 bridgehead atoms. The molecule has 1 fully saturated rings. The smallest absolute Gasteiger partial charge is 0.263 e. The van der Waals surface area contributed by atoms with Crippen LogP contribution in [0.3, 0.4) is 0 Å². The average molecular weight is 380 g/mol. The number of rotatable bonds is 3. The number of piperazine rings is 1. The molecule has 0 aromatic carbocycles. The van der Waals surface area contributed by atoms with Gasteiger partial charge in [0.1, 0.15) is 11.4 Å². The molecule has 0 saturated carbocycles. The Morgan fingerprint density at radius 1 is 1.14 bits per heavy atom. The van der Waals surface area contributed by atoms with Gasteiger partial charge < -0.3 is 18.9 Å². The van der Waals surface area contributed by atoms with Gasteiger partial charge in [0.05, 0.1) is 0 Å². The molecule has 4 rings (SSSR count). The van der Waals surface area contributed by atoms with Gasteiger partial charge in [-0.3, -0.25) is 9.59 Å². The van der Waals surface area contributed by atoms with Gasteiger partial charge >= 0.3 is 0 Å². The summed E-state index contributed by atoms with van der Waals surface area (Å²) in [5.74, 6) is 1.62. The van der Waals surface area contributed by atoms with Gasteiger partial charge in [0, 0.05) is 58.1 Å². The summed E-state index contributed by atoms with van der Waals surface area (Å²) in [7, 11) is 1.64. The first-order valence-corrected chi connectivity index (χ1v) is 8.99. The van der Waals surface area contributed by atoms with E-state index in [1.165, 1.54) is 4.57 Å². The van der Waals surface area contributed by atoms with Crippen molar-refractivity contribution >= 4 is 11.7 Å². The van der Waals surface area contributed by atoms with Crippen LogP contribution >= 0.6 is 0 Å². The zero-order valence-corrected chi connectivity index (χ0v) is 15.7. The Morgan fingerprint density at radius 2 is 1.93 bits per heavy atom. The fourth-order valence-electron chi connectivity index (χ4n) is 3.19. The minimum atomic E-state index is -0.274. The Bertz CT molecular complexity index is 1050. The summed E-state index contributed by atoms with van der Waals surface area (Å²) in [6.45, 7) is 4.10. The van der Waals surface area contributed by atoms with E-state index in [1.807, 2.05) is 12.1 Å². The molecular formula is C19H20N6O3. The van der Waals surface area contributed by atoms with Gasteiger partial charge in [-0.2, -0.15) is 4.98 Å². The number of aryl methyl sites for hydroxylation is 2. The molecule has 0 radical (unpaired) electrons. The number of aromatic nitrogens is 4. The number of hydrogen-bond donors (Lipinski definition) is 0. The molecule has 9 heteroatoms. The lowest BCUT2D eigenvalue weighted by Gasteiger charge is -2.35. The molecule has 1 amide bonds. The third-order valence-electron chi connectivity index (χ3n) is 4.78. The predicted octanol–water partition coefficient (Wildman–Crippen LogP) is 1.10. The highest BCUT2D eigenvalue weighted by Crippen LogP contribution is 2.19. The van der Waals surface area contributed by atoms with Crippen LogP contribution in [0.5, 0.6) is 0 Å². The van der Waals surface area contributed by atoms with Crippen molar-refractivity contribution < 1.29 is 9.32 Å². The van der Waals surface area contributed by atoms with E-state index in [9.17, 15) is 9.59 Å². The molecule has 28 heavy (non-hydrogen) atoms. The van der Waals surface area contributed by atoms with Crippen molar-refractivity contribution in [2.24, 2.45) is 7.05 Å². The Kier molecular flexibility index (Phi) is 4.64. The molecular weight excluding hydrogens is 360 g/mol. The first-order valence-electron chi connectivity index (χ1n) is 8.99. The Hall–Kier alpha value is -3.49. The second-order valence-corrected chi connectivity index (χ2v) is 6.66. The van der Waals surface area contributed by atoms with Crippen LogP contribution in [-0.2, 0) is 7.05 Å². The van der Waals surface area contributed by atoms with Crippen LogP contribution in [0.4, 0.5) is 5.82 Å². The molecule has 0 unspecified atom stereocenters. The number of amides is 1. The normalized spacial score (nSPS) is 14.4. The second kappa shape index (κ2) is 7.26. The molecule has 144 valence electrons. The van der Waals surface area contributed by atoms with E-state index in [0.717, 1.165) is 11.4 Å². The summed E-state index contributed by atoms with van der Waals surface area (Å²) in [5, 5.41) is 3.89. The molecule has 0 aliphatic carbocycles. The topological polar surface area (TPSA) is 97.4 Å². The van der Waals surface area contributed by atoms with Gasteiger partial charge in [-0.15, -0.1) is 0 Å². The quantitative estimate of drug-likeness (QED) is 0.671. The first kappa shape index (κ1) is 17.9. The van der Waals surface area contributed by atoms with Gasteiger partial charge in [0.25, 0.3) is 11.5 Å². The van der Waals surface area contributed by atoms with E-state index in [1.54, 1.807) is 43.4 Å². The lowest BCUT2D eigenvalue weighted by atomic mass is 10.2. The maximum atomic E-state index is 12.7. The maximum Gasteiger partial charge on any atom is 0.263 e. The van der Waals surface area contributed by atoms with Gasteiger partial charge in [0.15, 0.2) is 0 Å². The van der Waals surface area contributed by atoms with Crippen LogP contribution < -0.4 is 10.5 Å². The van der Waals surface area contributed by atoms with Crippen molar-refractivity contribution in [1.29, 1.82) is 0 Å². The number of pyridine rings is 2. The van der Waals surface area contributed by atoms with Gasteiger partial charge in [0.2, 0.25) is 11.7 Å². The van der Waals surface area contributed by atoms with Crippen molar-refractivity contribution in [3.05, 3.63) is 58.5 Å². The zero-order valence-electron chi connectivity index (χ0n) is 15.7. The largest absolute Gasteiger partial charge is 0.353 e. The summed E-state index contributed by atoms with van der Waals surface area (Å²) >= 11 is 0. The first-order chi connectivity index (χ1) is 13.5. The molecule has 0 atom stereocenters. The van der Waals surface area contributed by atoms with E-state index in [-0.39, 0.29) is 17.0 Å². The number of carbonyl (C=O) groups excluding carboxylic acids is 1. The maximum absolute atomic E-state index is 12.7. The number of anilines is 1. The van der Waals surface area contributed by atoms with Gasteiger partial charge in [-0.25, -0.2) is 4.98 Å². The lowest BCUT2D eigenvalue weighted by Crippen LogP contribution is -2.50. The molecule has 3 aromatic rings. The van der Waals surface area contributed by atoms with Crippen molar-refractivity contribution in [1.82, 2.24) is 24.6 Å². The van der Waals surface area contributed by atoms with Crippen LogP contribution in [0, 0.1) is 6.92 Å². The molecule has 9 nitrogen and oxygen atoms in total. The summed E-state index contributed by atoms with van der Waals surface area (Å²) in [5.41, 5.74) is 0.717. The van der Waals surface area contributed by atoms with Gasteiger partial charge in [-0.1, -0.05) is 5.16 Å². The number of carbonyl (C=O) groups is 1. The molecule has 3 aromatic heterocycles. The summed E-state index contributed by atoms with van der Waals surface area (Å²) in [6.07, 6.45) is 3.35. The van der Waals surface area contributed by atoms with E-state index in [2.05, 4.69) is 20.0 Å². The van der Waals surface area contributed by atoms with Crippen LogP contribution in [0.2, 0.25) is 0 Å². The third kappa shape index (κ3) is 3.38. The summed E-state index contributed by atoms with van der Waals surface area (Å²) in [4.78, 5) is 37.3.